The van der Waals surface area contributed by atoms with Crippen LogP contribution in [0.25, 0.3) is 0 Å². The van der Waals surface area contributed by atoms with E-state index in [0.717, 1.165) is 20.9 Å². The van der Waals surface area contributed by atoms with E-state index in [-0.39, 0.29) is 30.9 Å². The molecule has 170 valence electrons. The average molecular weight is 466 g/mol. The molecule has 8 heteroatoms. The van der Waals surface area contributed by atoms with Gasteiger partial charge in [0.15, 0.2) is 0 Å². The highest BCUT2D eigenvalue weighted by atomic mass is 32.1. The summed E-state index contributed by atoms with van der Waals surface area (Å²) < 4.78 is 13.2. The third-order valence-electron chi connectivity index (χ3n) is 5.92. The highest BCUT2D eigenvalue weighted by Gasteiger charge is 2.47. The quantitative estimate of drug-likeness (QED) is 0.479. The maximum absolute atomic E-state index is 13.3. The van der Waals surface area contributed by atoms with E-state index in [2.05, 4.69) is 0 Å². The fourth-order valence-electron chi connectivity index (χ4n) is 3.88. The van der Waals surface area contributed by atoms with Gasteiger partial charge in [0, 0.05) is 18.5 Å². The van der Waals surface area contributed by atoms with Crippen molar-refractivity contribution >= 4 is 29.2 Å². The lowest BCUT2D eigenvalue weighted by Crippen LogP contribution is -2.42. The standard InChI is InChI=1S/C25H24FN3O3S/c1-17(19-10-12-20(26)13-11-19)27(2)22(30)16-29-24(31)23(21-9-6-14-33-21)28(25(29)32)15-18-7-4-3-5-8-18/h3-14,17,23H,15-16H2,1-2H3/t17-,23-/m1/s1. The first-order chi connectivity index (χ1) is 15.9. The van der Waals surface area contributed by atoms with Gasteiger partial charge in [-0.1, -0.05) is 48.5 Å². The minimum absolute atomic E-state index is 0.264. The van der Waals surface area contributed by atoms with Crippen molar-refractivity contribution in [3.05, 3.63) is 93.9 Å². The molecule has 0 N–H and O–H groups in total. The molecule has 0 bridgehead atoms. The zero-order valence-electron chi connectivity index (χ0n) is 18.3. The smallest absolute Gasteiger partial charge is 0.328 e. The number of hydrogen-bond donors (Lipinski definition) is 0. The number of imide groups is 1. The van der Waals surface area contributed by atoms with Gasteiger partial charge in [-0.2, -0.15) is 0 Å². The zero-order chi connectivity index (χ0) is 23.5. The molecule has 1 fully saturated rings. The third kappa shape index (κ3) is 4.66. The Labute approximate surface area is 195 Å². The molecule has 4 amide bonds. The fourth-order valence-corrected chi connectivity index (χ4v) is 4.70. The van der Waals surface area contributed by atoms with Crippen LogP contribution in [0.2, 0.25) is 0 Å². The Morgan fingerprint density at radius 1 is 1.06 bits per heavy atom. The van der Waals surface area contributed by atoms with E-state index in [4.69, 9.17) is 0 Å². The molecule has 1 saturated heterocycles. The molecular weight excluding hydrogens is 441 g/mol. The average Bonchev–Trinajstić information content (AvgIpc) is 3.42. The number of nitrogens with zero attached hydrogens (tertiary/aromatic N) is 3. The number of likely N-dealkylation sites (N-methyl/N-ethyl adjacent to an activating group) is 1. The van der Waals surface area contributed by atoms with Gasteiger partial charge in [0.1, 0.15) is 18.4 Å². The molecule has 0 aliphatic carbocycles. The molecule has 2 aromatic carbocycles. The summed E-state index contributed by atoms with van der Waals surface area (Å²) in [6.07, 6.45) is 0. The summed E-state index contributed by atoms with van der Waals surface area (Å²) in [5.41, 5.74) is 1.66. The van der Waals surface area contributed by atoms with E-state index in [1.165, 1.54) is 33.3 Å². The highest BCUT2D eigenvalue weighted by molar-refractivity contribution is 7.10. The Kier molecular flexibility index (Phi) is 6.55. The second-order valence-corrected chi connectivity index (χ2v) is 8.95. The Morgan fingerprint density at radius 3 is 2.39 bits per heavy atom. The lowest BCUT2D eigenvalue weighted by atomic mass is 10.1. The number of carbonyl (C=O) groups excluding carboxylic acids is 3. The number of hydrogen-bond acceptors (Lipinski definition) is 4. The van der Waals surface area contributed by atoms with Crippen molar-refractivity contribution in [3.8, 4) is 0 Å². The van der Waals surface area contributed by atoms with Gasteiger partial charge in [-0.25, -0.2) is 9.18 Å². The van der Waals surface area contributed by atoms with Crippen molar-refractivity contribution in [2.45, 2.75) is 25.6 Å². The first kappa shape index (κ1) is 22.7. The van der Waals surface area contributed by atoms with E-state index in [9.17, 15) is 18.8 Å². The Morgan fingerprint density at radius 2 is 1.76 bits per heavy atom. The van der Waals surface area contributed by atoms with Gasteiger partial charge in [0.2, 0.25) is 5.91 Å². The van der Waals surface area contributed by atoms with Gasteiger partial charge in [-0.3, -0.25) is 14.5 Å². The molecule has 3 aromatic rings. The number of urea groups is 1. The fraction of sp³-hybridized carbons (Fsp3) is 0.240. The van der Waals surface area contributed by atoms with E-state index in [0.29, 0.717) is 0 Å². The van der Waals surface area contributed by atoms with E-state index in [1.54, 1.807) is 19.2 Å². The minimum Gasteiger partial charge on any atom is -0.337 e. The molecule has 33 heavy (non-hydrogen) atoms. The second kappa shape index (κ2) is 9.54. The molecular formula is C25H24FN3O3S. The molecule has 6 nitrogen and oxygen atoms in total. The van der Waals surface area contributed by atoms with Crippen LogP contribution < -0.4 is 0 Å². The van der Waals surface area contributed by atoms with Crippen LogP contribution in [0.5, 0.6) is 0 Å². The summed E-state index contributed by atoms with van der Waals surface area (Å²) in [5.74, 6) is -1.14. The summed E-state index contributed by atoms with van der Waals surface area (Å²) >= 11 is 1.40. The van der Waals surface area contributed by atoms with Gasteiger partial charge < -0.3 is 9.80 Å². The molecule has 1 aliphatic rings. The second-order valence-electron chi connectivity index (χ2n) is 7.97. The monoisotopic (exact) mass is 465 g/mol. The maximum atomic E-state index is 13.3. The first-order valence-corrected chi connectivity index (χ1v) is 11.4. The molecule has 0 saturated carbocycles. The summed E-state index contributed by atoms with van der Waals surface area (Å²) in [6.45, 7) is 1.72. The van der Waals surface area contributed by atoms with Crippen LogP contribution >= 0.6 is 11.3 Å². The zero-order valence-corrected chi connectivity index (χ0v) is 19.2. The summed E-state index contributed by atoms with van der Waals surface area (Å²) in [6, 6.07) is 17.4. The van der Waals surface area contributed by atoms with Gasteiger partial charge in [-0.05, 0) is 41.6 Å². The van der Waals surface area contributed by atoms with Gasteiger partial charge in [-0.15, -0.1) is 11.3 Å². The van der Waals surface area contributed by atoms with Crippen molar-refractivity contribution in [2.24, 2.45) is 0 Å². The summed E-state index contributed by atoms with van der Waals surface area (Å²) in [4.78, 5) is 44.4. The van der Waals surface area contributed by atoms with Gasteiger partial charge >= 0.3 is 6.03 Å². The molecule has 1 aromatic heterocycles. The molecule has 0 unspecified atom stereocenters. The number of thiophene rings is 1. The van der Waals surface area contributed by atoms with Crippen LogP contribution in [-0.4, -0.2) is 46.1 Å². The van der Waals surface area contributed by atoms with E-state index >= 15 is 0 Å². The Hall–Kier alpha value is -3.52. The van der Waals surface area contributed by atoms with Gasteiger partial charge in [0.05, 0.1) is 6.04 Å². The summed E-state index contributed by atoms with van der Waals surface area (Å²) in [5, 5.41) is 1.86. The Bertz CT molecular complexity index is 1140. The lowest BCUT2D eigenvalue weighted by Gasteiger charge is -2.27. The van der Waals surface area contributed by atoms with Crippen LogP contribution in [0.1, 0.15) is 35.0 Å². The topological polar surface area (TPSA) is 60.9 Å². The summed E-state index contributed by atoms with van der Waals surface area (Å²) in [7, 11) is 1.61. The predicted molar refractivity (Wildman–Crippen MR) is 124 cm³/mol. The van der Waals surface area contributed by atoms with Crippen molar-refractivity contribution in [3.63, 3.8) is 0 Å². The van der Waals surface area contributed by atoms with Crippen LogP contribution in [0.4, 0.5) is 9.18 Å². The maximum Gasteiger partial charge on any atom is 0.328 e. The third-order valence-corrected chi connectivity index (χ3v) is 6.84. The molecule has 0 spiro atoms. The number of carbonyl (C=O) groups is 3. The number of rotatable bonds is 7. The molecule has 2 atom stereocenters. The lowest BCUT2D eigenvalue weighted by molar-refractivity contribution is -0.138. The first-order valence-electron chi connectivity index (χ1n) is 10.6. The highest BCUT2D eigenvalue weighted by Crippen LogP contribution is 2.35. The number of amides is 4. The largest absolute Gasteiger partial charge is 0.337 e. The SMILES string of the molecule is C[C@H](c1ccc(F)cc1)N(C)C(=O)CN1C(=O)[C@@H](c2cccs2)N(Cc2ccccc2)C1=O. The number of halogens is 1. The van der Waals surface area contributed by atoms with Crippen LogP contribution in [0.3, 0.4) is 0 Å². The van der Waals surface area contributed by atoms with Crippen molar-refractivity contribution in [2.75, 3.05) is 13.6 Å². The normalized spacial score (nSPS) is 16.9. The minimum atomic E-state index is -0.759. The van der Waals surface area contributed by atoms with Crippen LogP contribution in [0.15, 0.2) is 72.1 Å². The molecule has 4 rings (SSSR count). The predicted octanol–water partition coefficient (Wildman–Crippen LogP) is 4.61. The van der Waals surface area contributed by atoms with Crippen LogP contribution in [0, 0.1) is 5.82 Å². The Balaban J connectivity index is 1.54. The molecule has 1 aliphatic heterocycles. The number of benzene rings is 2. The molecule has 0 radical (unpaired) electrons. The van der Waals surface area contributed by atoms with Crippen molar-refractivity contribution in [1.82, 2.24) is 14.7 Å². The van der Waals surface area contributed by atoms with Crippen molar-refractivity contribution < 1.29 is 18.8 Å². The van der Waals surface area contributed by atoms with E-state index in [1.807, 2.05) is 54.8 Å². The van der Waals surface area contributed by atoms with Gasteiger partial charge in [0.25, 0.3) is 5.91 Å². The molecule has 2 heterocycles. The van der Waals surface area contributed by atoms with Crippen molar-refractivity contribution in [1.29, 1.82) is 0 Å². The van der Waals surface area contributed by atoms with Crippen LogP contribution in [-0.2, 0) is 16.1 Å². The van der Waals surface area contributed by atoms with E-state index < -0.39 is 18.0 Å².